The Labute approximate surface area is 116 Å². The quantitative estimate of drug-likeness (QED) is 0.435. The Bertz CT molecular complexity index is 532. The molecule has 7 heteroatoms. The summed E-state index contributed by atoms with van der Waals surface area (Å²) in [5.74, 6) is -0.311. The zero-order chi connectivity index (χ0) is 14.7. The third kappa shape index (κ3) is 3.05. The molecule has 1 saturated heterocycles. The highest BCUT2D eigenvalue weighted by atomic mass is 16.6. The van der Waals surface area contributed by atoms with Crippen molar-refractivity contribution in [3.8, 4) is 0 Å². The summed E-state index contributed by atoms with van der Waals surface area (Å²) in [6, 6.07) is 4.32. The Kier molecular flexibility index (Phi) is 4.19. The van der Waals surface area contributed by atoms with Crippen LogP contribution in [0.5, 0.6) is 0 Å². The Morgan fingerprint density at radius 2 is 2.30 bits per heavy atom. The van der Waals surface area contributed by atoms with Gasteiger partial charge in [0.25, 0.3) is 11.6 Å². The van der Waals surface area contributed by atoms with Crippen molar-refractivity contribution in [3.05, 3.63) is 33.9 Å². The van der Waals surface area contributed by atoms with Crippen LogP contribution in [0.3, 0.4) is 0 Å². The smallest absolute Gasteiger partial charge is 0.292 e. The van der Waals surface area contributed by atoms with E-state index in [0.29, 0.717) is 0 Å². The molecule has 0 saturated carbocycles. The van der Waals surface area contributed by atoms with Gasteiger partial charge in [-0.3, -0.25) is 14.9 Å². The normalized spacial score (nSPS) is 22.2. The average molecular weight is 278 g/mol. The number of nitrogens with one attached hydrogen (secondary N) is 2. The van der Waals surface area contributed by atoms with Gasteiger partial charge in [-0.1, -0.05) is 0 Å². The predicted molar refractivity (Wildman–Crippen MR) is 75.5 cm³/mol. The molecule has 1 aliphatic heterocycles. The Morgan fingerprint density at radius 3 is 2.95 bits per heavy atom. The minimum absolute atomic E-state index is 0.0351. The lowest BCUT2D eigenvalue weighted by Crippen LogP contribution is -2.51. The van der Waals surface area contributed by atoms with E-state index in [0.717, 1.165) is 19.4 Å². The molecule has 0 aliphatic carbocycles. The van der Waals surface area contributed by atoms with Crippen LogP contribution in [0, 0.1) is 10.1 Å². The second-order valence-corrected chi connectivity index (χ2v) is 5.00. The minimum Gasteiger partial charge on any atom is -0.393 e. The number of carbonyl (C=O) groups is 1. The van der Waals surface area contributed by atoms with Crippen molar-refractivity contribution in [1.82, 2.24) is 10.6 Å². The number of benzene rings is 1. The van der Waals surface area contributed by atoms with Gasteiger partial charge in [0, 0.05) is 23.7 Å². The third-order valence-electron chi connectivity index (χ3n) is 3.57. The fraction of sp³-hybridized carbons (Fsp3) is 0.462. The van der Waals surface area contributed by atoms with Crippen LogP contribution < -0.4 is 16.4 Å². The van der Waals surface area contributed by atoms with Gasteiger partial charge in [-0.05, 0) is 38.4 Å². The Balaban J connectivity index is 2.13. The number of nitro benzene ring substituents is 1. The summed E-state index contributed by atoms with van der Waals surface area (Å²) in [5, 5.41) is 17.0. The second kappa shape index (κ2) is 5.87. The van der Waals surface area contributed by atoms with Crippen molar-refractivity contribution in [1.29, 1.82) is 0 Å². The molecule has 2 atom stereocenters. The van der Waals surface area contributed by atoms with E-state index in [1.165, 1.54) is 18.2 Å². The van der Waals surface area contributed by atoms with Crippen LogP contribution in [-0.4, -0.2) is 29.5 Å². The van der Waals surface area contributed by atoms with Gasteiger partial charge in [0.1, 0.15) is 5.69 Å². The summed E-state index contributed by atoms with van der Waals surface area (Å²) >= 11 is 0. The second-order valence-electron chi connectivity index (χ2n) is 5.00. The van der Waals surface area contributed by atoms with Gasteiger partial charge >= 0.3 is 0 Å². The molecule has 2 rings (SSSR count). The van der Waals surface area contributed by atoms with E-state index in [-0.39, 0.29) is 34.9 Å². The van der Waals surface area contributed by atoms with Crippen LogP contribution in [0.2, 0.25) is 0 Å². The number of hydrogen-bond donors (Lipinski definition) is 3. The number of hydrogen-bond acceptors (Lipinski definition) is 5. The van der Waals surface area contributed by atoms with E-state index in [2.05, 4.69) is 10.6 Å². The number of nitro groups is 1. The summed E-state index contributed by atoms with van der Waals surface area (Å²) < 4.78 is 0. The van der Waals surface area contributed by atoms with Gasteiger partial charge in [-0.2, -0.15) is 0 Å². The summed E-state index contributed by atoms with van der Waals surface area (Å²) in [6.07, 6.45) is 1.90. The molecule has 1 heterocycles. The SMILES string of the molecule is CC1NCCCC1NC(=O)c1ccc(N)c([N+](=O)[O-])c1. The summed E-state index contributed by atoms with van der Waals surface area (Å²) in [7, 11) is 0. The molecule has 1 aromatic carbocycles. The topological polar surface area (TPSA) is 110 Å². The number of nitrogens with two attached hydrogens (primary N) is 1. The molecule has 0 aromatic heterocycles. The van der Waals surface area contributed by atoms with Gasteiger partial charge in [0.15, 0.2) is 0 Å². The lowest BCUT2D eigenvalue weighted by atomic mass is 9.99. The Hall–Kier alpha value is -2.15. The number of nitrogen functional groups attached to an aromatic ring is 1. The monoisotopic (exact) mass is 278 g/mol. The highest BCUT2D eigenvalue weighted by Gasteiger charge is 2.23. The van der Waals surface area contributed by atoms with Crippen LogP contribution in [0.25, 0.3) is 0 Å². The fourth-order valence-corrected chi connectivity index (χ4v) is 2.34. The molecule has 4 N–H and O–H groups in total. The predicted octanol–water partition coefficient (Wildman–Crippen LogP) is 1.05. The van der Waals surface area contributed by atoms with Crippen molar-refractivity contribution in [3.63, 3.8) is 0 Å². The number of carbonyl (C=O) groups excluding carboxylic acids is 1. The molecule has 1 fully saturated rings. The summed E-state index contributed by atoms with van der Waals surface area (Å²) in [4.78, 5) is 22.4. The average Bonchev–Trinajstić information content (AvgIpc) is 2.41. The maximum Gasteiger partial charge on any atom is 0.292 e. The standard InChI is InChI=1S/C13H18N4O3/c1-8-11(3-2-6-15-8)16-13(18)9-4-5-10(14)12(7-9)17(19)20/h4-5,7-8,11,15H,2-3,6,14H2,1H3,(H,16,18). The first-order chi connectivity index (χ1) is 9.49. The highest BCUT2D eigenvalue weighted by Crippen LogP contribution is 2.22. The molecule has 1 aromatic rings. The van der Waals surface area contributed by atoms with E-state index < -0.39 is 4.92 Å². The summed E-state index contributed by atoms with van der Waals surface area (Å²) in [5.41, 5.74) is 5.58. The molecule has 2 unspecified atom stereocenters. The van der Waals surface area contributed by atoms with Gasteiger partial charge in [0.2, 0.25) is 0 Å². The van der Waals surface area contributed by atoms with E-state index in [9.17, 15) is 14.9 Å². The molecular weight excluding hydrogens is 260 g/mol. The first kappa shape index (κ1) is 14.3. The van der Waals surface area contributed by atoms with Gasteiger partial charge in [0.05, 0.1) is 4.92 Å². The first-order valence-corrected chi connectivity index (χ1v) is 6.57. The van der Waals surface area contributed by atoms with Crippen LogP contribution in [0.4, 0.5) is 11.4 Å². The molecule has 7 nitrogen and oxygen atoms in total. The molecule has 1 amide bonds. The fourth-order valence-electron chi connectivity index (χ4n) is 2.34. The van der Waals surface area contributed by atoms with E-state index in [1.54, 1.807) is 0 Å². The molecular formula is C13H18N4O3. The molecule has 20 heavy (non-hydrogen) atoms. The number of anilines is 1. The lowest BCUT2D eigenvalue weighted by molar-refractivity contribution is -0.383. The number of rotatable bonds is 3. The van der Waals surface area contributed by atoms with Gasteiger partial charge in [-0.15, -0.1) is 0 Å². The maximum absolute atomic E-state index is 12.1. The van der Waals surface area contributed by atoms with Crippen LogP contribution in [0.1, 0.15) is 30.1 Å². The van der Waals surface area contributed by atoms with Crippen LogP contribution in [-0.2, 0) is 0 Å². The van der Waals surface area contributed by atoms with E-state index in [4.69, 9.17) is 5.73 Å². The molecule has 108 valence electrons. The van der Waals surface area contributed by atoms with Gasteiger partial charge in [-0.25, -0.2) is 0 Å². The molecule has 0 radical (unpaired) electrons. The number of piperidine rings is 1. The largest absolute Gasteiger partial charge is 0.393 e. The molecule has 1 aliphatic rings. The van der Waals surface area contributed by atoms with E-state index >= 15 is 0 Å². The zero-order valence-corrected chi connectivity index (χ0v) is 11.3. The third-order valence-corrected chi connectivity index (χ3v) is 3.57. The molecule has 0 bridgehead atoms. The Morgan fingerprint density at radius 1 is 1.55 bits per heavy atom. The maximum atomic E-state index is 12.1. The zero-order valence-electron chi connectivity index (χ0n) is 11.3. The lowest BCUT2D eigenvalue weighted by Gasteiger charge is -2.30. The van der Waals surface area contributed by atoms with Crippen LogP contribution >= 0.6 is 0 Å². The van der Waals surface area contributed by atoms with E-state index in [1.807, 2.05) is 6.92 Å². The molecule has 0 spiro atoms. The number of nitrogens with zero attached hydrogens (tertiary/aromatic N) is 1. The van der Waals surface area contributed by atoms with Crippen molar-refractivity contribution in [2.45, 2.75) is 31.8 Å². The van der Waals surface area contributed by atoms with Crippen LogP contribution in [0.15, 0.2) is 18.2 Å². The highest BCUT2D eigenvalue weighted by molar-refractivity contribution is 5.95. The van der Waals surface area contributed by atoms with Gasteiger partial charge < -0.3 is 16.4 Å². The number of amides is 1. The van der Waals surface area contributed by atoms with Crippen molar-refractivity contribution >= 4 is 17.3 Å². The van der Waals surface area contributed by atoms with Crippen molar-refractivity contribution in [2.24, 2.45) is 0 Å². The van der Waals surface area contributed by atoms with Crippen molar-refractivity contribution in [2.75, 3.05) is 12.3 Å². The minimum atomic E-state index is -0.586. The first-order valence-electron chi connectivity index (χ1n) is 6.57. The summed E-state index contributed by atoms with van der Waals surface area (Å²) in [6.45, 7) is 2.95. The van der Waals surface area contributed by atoms with Crippen molar-refractivity contribution < 1.29 is 9.72 Å².